The van der Waals surface area contributed by atoms with E-state index >= 15 is 0 Å². The molecule has 0 heterocycles. The molecule has 0 radical (unpaired) electrons. The Bertz CT molecular complexity index is 488. The van der Waals surface area contributed by atoms with Crippen LogP contribution in [-0.2, 0) is 0 Å². The van der Waals surface area contributed by atoms with Crippen molar-refractivity contribution < 1.29 is 14.6 Å². The van der Waals surface area contributed by atoms with Gasteiger partial charge in [0.25, 0.3) is 0 Å². The summed E-state index contributed by atoms with van der Waals surface area (Å²) in [7, 11) is 3.18. The van der Waals surface area contributed by atoms with E-state index in [4.69, 9.17) is 9.47 Å². The highest BCUT2D eigenvalue weighted by Crippen LogP contribution is 2.26. The third-order valence-electron chi connectivity index (χ3n) is 3.18. The molecule has 0 fully saturated rings. The van der Waals surface area contributed by atoms with E-state index in [0.717, 1.165) is 18.7 Å². The van der Waals surface area contributed by atoms with Gasteiger partial charge in [-0.3, -0.25) is 4.99 Å². The molecular formula is C17H30IN3O3. The molecule has 7 heteroatoms. The van der Waals surface area contributed by atoms with Crippen LogP contribution in [-0.4, -0.2) is 44.9 Å². The van der Waals surface area contributed by atoms with Crippen molar-refractivity contribution in [3.05, 3.63) is 23.8 Å². The summed E-state index contributed by atoms with van der Waals surface area (Å²) >= 11 is 0. The molecule has 24 heavy (non-hydrogen) atoms. The molecule has 0 saturated carbocycles. The van der Waals surface area contributed by atoms with Crippen molar-refractivity contribution in [3.8, 4) is 11.5 Å². The van der Waals surface area contributed by atoms with Gasteiger partial charge >= 0.3 is 0 Å². The first kappa shape index (κ1) is 22.8. The zero-order valence-corrected chi connectivity index (χ0v) is 17.5. The molecule has 0 amide bonds. The van der Waals surface area contributed by atoms with Gasteiger partial charge in [0.1, 0.15) is 11.5 Å². The summed E-state index contributed by atoms with van der Waals surface area (Å²) in [6, 6.07) is 5.37. The molecule has 0 saturated heterocycles. The van der Waals surface area contributed by atoms with Crippen LogP contribution in [0.5, 0.6) is 11.5 Å². The number of nitrogens with zero attached hydrogens (tertiary/aromatic N) is 1. The minimum Gasteiger partial charge on any atom is -0.497 e. The van der Waals surface area contributed by atoms with Crippen LogP contribution >= 0.6 is 24.0 Å². The largest absolute Gasteiger partial charge is 0.497 e. The van der Waals surface area contributed by atoms with Crippen molar-refractivity contribution >= 4 is 29.9 Å². The van der Waals surface area contributed by atoms with Gasteiger partial charge in [0, 0.05) is 25.7 Å². The fourth-order valence-corrected chi connectivity index (χ4v) is 1.95. The Hall–Kier alpha value is -1.22. The van der Waals surface area contributed by atoms with Crippen LogP contribution in [0.3, 0.4) is 0 Å². The lowest BCUT2D eigenvalue weighted by Crippen LogP contribution is -2.39. The quantitative estimate of drug-likeness (QED) is 0.322. The SMILES string of the molecule is CCNC(=NCC(C)C)NCC(O)c1cc(OC)cc(OC)c1.I. The molecule has 0 aliphatic carbocycles. The molecule has 0 aromatic heterocycles. The number of rotatable bonds is 8. The van der Waals surface area contributed by atoms with E-state index in [0.29, 0.717) is 29.9 Å². The number of nitrogens with one attached hydrogen (secondary N) is 2. The molecule has 0 aliphatic rings. The molecule has 0 bridgehead atoms. The van der Waals surface area contributed by atoms with Crippen LogP contribution in [0, 0.1) is 5.92 Å². The predicted octanol–water partition coefficient (Wildman–Crippen LogP) is 2.57. The first-order valence-corrected chi connectivity index (χ1v) is 7.93. The lowest BCUT2D eigenvalue weighted by atomic mass is 10.1. The van der Waals surface area contributed by atoms with E-state index in [1.54, 1.807) is 32.4 Å². The normalized spacial score (nSPS) is 12.4. The Labute approximate surface area is 162 Å². The molecule has 3 N–H and O–H groups in total. The Morgan fingerprint density at radius 3 is 2.17 bits per heavy atom. The summed E-state index contributed by atoms with van der Waals surface area (Å²) in [5, 5.41) is 16.7. The summed E-state index contributed by atoms with van der Waals surface area (Å²) in [6.07, 6.45) is -0.693. The predicted molar refractivity (Wildman–Crippen MR) is 109 cm³/mol. The average molecular weight is 451 g/mol. The average Bonchev–Trinajstić information content (AvgIpc) is 2.56. The van der Waals surface area contributed by atoms with E-state index in [-0.39, 0.29) is 24.0 Å². The van der Waals surface area contributed by atoms with Gasteiger partial charge in [-0.25, -0.2) is 0 Å². The van der Waals surface area contributed by atoms with Gasteiger partial charge in [-0.2, -0.15) is 0 Å². The van der Waals surface area contributed by atoms with Crippen LogP contribution < -0.4 is 20.1 Å². The topological polar surface area (TPSA) is 75.1 Å². The third kappa shape index (κ3) is 8.05. The molecule has 1 unspecified atom stereocenters. The second-order valence-electron chi connectivity index (χ2n) is 5.66. The van der Waals surface area contributed by atoms with E-state index in [2.05, 4.69) is 29.5 Å². The maximum absolute atomic E-state index is 10.4. The molecule has 1 atom stereocenters. The van der Waals surface area contributed by atoms with Gasteiger partial charge in [-0.1, -0.05) is 13.8 Å². The van der Waals surface area contributed by atoms with Crippen LogP contribution in [0.4, 0.5) is 0 Å². The number of ether oxygens (including phenoxy) is 2. The lowest BCUT2D eigenvalue weighted by molar-refractivity contribution is 0.180. The molecule has 0 spiro atoms. The van der Waals surface area contributed by atoms with Crippen molar-refractivity contribution in [1.82, 2.24) is 10.6 Å². The minimum atomic E-state index is -0.693. The minimum absolute atomic E-state index is 0. The van der Waals surface area contributed by atoms with Gasteiger partial charge in [0.05, 0.1) is 20.3 Å². The number of methoxy groups -OCH3 is 2. The zero-order chi connectivity index (χ0) is 17.2. The number of aliphatic hydroxyl groups excluding tert-OH is 1. The highest BCUT2D eigenvalue weighted by Gasteiger charge is 2.12. The van der Waals surface area contributed by atoms with E-state index in [1.807, 2.05) is 6.92 Å². The summed E-state index contributed by atoms with van der Waals surface area (Å²) in [6.45, 7) is 8.09. The smallest absolute Gasteiger partial charge is 0.191 e. The van der Waals surface area contributed by atoms with E-state index < -0.39 is 6.10 Å². The van der Waals surface area contributed by atoms with E-state index in [1.165, 1.54) is 0 Å². The van der Waals surface area contributed by atoms with Gasteiger partial charge in [-0.05, 0) is 30.5 Å². The number of hydrogen-bond acceptors (Lipinski definition) is 4. The Morgan fingerprint density at radius 1 is 1.12 bits per heavy atom. The maximum Gasteiger partial charge on any atom is 0.191 e. The van der Waals surface area contributed by atoms with Crippen LogP contribution in [0.25, 0.3) is 0 Å². The number of guanidine groups is 1. The molecule has 0 aliphatic heterocycles. The van der Waals surface area contributed by atoms with Crippen molar-refractivity contribution in [2.45, 2.75) is 26.9 Å². The first-order valence-electron chi connectivity index (χ1n) is 7.93. The third-order valence-corrected chi connectivity index (χ3v) is 3.18. The van der Waals surface area contributed by atoms with Gasteiger partial charge in [-0.15, -0.1) is 24.0 Å². The molecule has 1 rings (SSSR count). The van der Waals surface area contributed by atoms with Crippen molar-refractivity contribution in [2.24, 2.45) is 10.9 Å². The molecular weight excluding hydrogens is 421 g/mol. The Kier molecular flexibility index (Phi) is 11.6. The highest BCUT2D eigenvalue weighted by atomic mass is 127. The van der Waals surface area contributed by atoms with Gasteiger partial charge in [0.2, 0.25) is 0 Å². The number of aliphatic hydroxyl groups is 1. The van der Waals surface area contributed by atoms with Crippen molar-refractivity contribution in [1.29, 1.82) is 0 Å². The maximum atomic E-state index is 10.4. The number of hydrogen-bond donors (Lipinski definition) is 3. The summed E-state index contributed by atoms with van der Waals surface area (Å²) in [5.74, 6) is 2.49. The van der Waals surface area contributed by atoms with Crippen LogP contribution in [0.15, 0.2) is 23.2 Å². The first-order chi connectivity index (χ1) is 11.0. The van der Waals surface area contributed by atoms with E-state index in [9.17, 15) is 5.11 Å². The molecule has 6 nitrogen and oxygen atoms in total. The number of benzene rings is 1. The molecule has 138 valence electrons. The molecule has 1 aromatic rings. The van der Waals surface area contributed by atoms with Crippen LogP contribution in [0.2, 0.25) is 0 Å². The second kappa shape index (κ2) is 12.2. The standard InChI is InChI=1S/C17H29N3O3.HI/c1-6-18-17(19-10-12(2)3)20-11-16(21)13-7-14(22-4)9-15(8-13)23-5;/h7-9,12,16,21H,6,10-11H2,1-5H3,(H2,18,19,20);1H. The summed E-state index contributed by atoms with van der Waals surface area (Å²) < 4.78 is 10.5. The fourth-order valence-electron chi connectivity index (χ4n) is 1.95. The summed E-state index contributed by atoms with van der Waals surface area (Å²) in [5.41, 5.74) is 0.730. The van der Waals surface area contributed by atoms with Crippen molar-refractivity contribution in [2.75, 3.05) is 33.9 Å². The second-order valence-corrected chi connectivity index (χ2v) is 5.66. The molecule has 1 aromatic carbocycles. The lowest BCUT2D eigenvalue weighted by Gasteiger charge is -2.17. The highest BCUT2D eigenvalue weighted by molar-refractivity contribution is 14.0. The van der Waals surface area contributed by atoms with Gasteiger partial charge in [0.15, 0.2) is 5.96 Å². The number of aliphatic imine (C=N–C) groups is 1. The van der Waals surface area contributed by atoms with Crippen molar-refractivity contribution in [3.63, 3.8) is 0 Å². The Balaban J connectivity index is 0.00000529. The summed E-state index contributed by atoms with van der Waals surface area (Å²) in [4.78, 5) is 4.48. The number of halogens is 1. The fraction of sp³-hybridized carbons (Fsp3) is 0.588. The Morgan fingerprint density at radius 2 is 1.71 bits per heavy atom. The van der Waals surface area contributed by atoms with Gasteiger partial charge < -0.3 is 25.2 Å². The van der Waals surface area contributed by atoms with Crippen LogP contribution in [0.1, 0.15) is 32.4 Å². The zero-order valence-electron chi connectivity index (χ0n) is 15.1. The monoisotopic (exact) mass is 451 g/mol.